The third-order valence-corrected chi connectivity index (χ3v) is 3.51. The smallest absolute Gasteiger partial charge is 0.323 e. The first-order chi connectivity index (χ1) is 10.2. The van der Waals surface area contributed by atoms with Crippen LogP contribution in [0, 0.1) is 13.8 Å². The summed E-state index contributed by atoms with van der Waals surface area (Å²) in [7, 11) is 0. The van der Waals surface area contributed by atoms with E-state index in [1.807, 2.05) is 32.0 Å². The highest BCUT2D eigenvalue weighted by Gasteiger charge is 2.21. The van der Waals surface area contributed by atoms with E-state index >= 15 is 0 Å². The Morgan fingerprint density at radius 1 is 1.14 bits per heavy atom. The zero-order chi connectivity index (χ0) is 16.9. The number of Topliss-reactive ketones (excluding diaryl/α,β-unsaturated/α-hetero) is 1. The molecule has 0 fully saturated rings. The molecule has 1 aromatic rings. The normalized spacial score (nSPS) is 10.6. The summed E-state index contributed by atoms with van der Waals surface area (Å²) >= 11 is 0. The summed E-state index contributed by atoms with van der Waals surface area (Å²) in [5.41, 5.74) is 2.51. The fraction of sp³-hybridized carbons (Fsp3) is 0.471. The number of carbonyl (C=O) groups is 3. The standard InChI is InChI=1S/C17H23NO4/c1-11(2)18(10-17(21)22)16(20)8-7-15(19)14-9-12(3)5-6-13(14)4/h5-6,9,11H,7-8,10H2,1-4H3,(H,21,22). The van der Waals surface area contributed by atoms with E-state index in [0.717, 1.165) is 11.1 Å². The molecule has 0 unspecified atom stereocenters. The summed E-state index contributed by atoms with van der Waals surface area (Å²) in [4.78, 5) is 36.4. The Kier molecular flexibility index (Phi) is 6.28. The van der Waals surface area contributed by atoms with Crippen LogP contribution < -0.4 is 0 Å². The molecule has 0 saturated carbocycles. The lowest BCUT2D eigenvalue weighted by Gasteiger charge is -2.24. The number of carboxylic acids is 1. The molecular formula is C17H23NO4. The molecule has 1 rings (SSSR count). The molecule has 0 saturated heterocycles. The molecule has 5 nitrogen and oxygen atoms in total. The maximum absolute atomic E-state index is 12.2. The minimum atomic E-state index is -1.05. The second kappa shape index (κ2) is 7.73. The van der Waals surface area contributed by atoms with Gasteiger partial charge in [-0.1, -0.05) is 17.7 Å². The molecular weight excluding hydrogens is 282 g/mol. The molecule has 0 heterocycles. The van der Waals surface area contributed by atoms with Crippen LogP contribution in [0.15, 0.2) is 18.2 Å². The average molecular weight is 305 g/mol. The highest BCUT2D eigenvalue weighted by atomic mass is 16.4. The van der Waals surface area contributed by atoms with Crippen molar-refractivity contribution in [1.29, 1.82) is 0 Å². The summed E-state index contributed by atoms with van der Waals surface area (Å²) in [5.74, 6) is -1.45. The third-order valence-electron chi connectivity index (χ3n) is 3.51. The van der Waals surface area contributed by atoms with Gasteiger partial charge in [-0.15, -0.1) is 0 Å². The summed E-state index contributed by atoms with van der Waals surface area (Å²) < 4.78 is 0. The number of amides is 1. The zero-order valence-corrected chi connectivity index (χ0v) is 13.5. The van der Waals surface area contributed by atoms with Crippen molar-refractivity contribution in [2.24, 2.45) is 0 Å². The van der Waals surface area contributed by atoms with Crippen LogP contribution in [0.5, 0.6) is 0 Å². The quantitative estimate of drug-likeness (QED) is 0.786. The van der Waals surface area contributed by atoms with Gasteiger partial charge in [0.25, 0.3) is 0 Å². The molecule has 0 radical (unpaired) electrons. The van der Waals surface area contributed by atoms with Gasteiger partial charge in [0.2, 0.25) is 5.91 Å². The van der Waals surface area contributed by atoms with Crippen molar-refractivity contribution in [3.63, 3.8) is 0 Å². The van der Waals surface area contributed by atoms with Gasteiger partial charge in [0.1, 0.15) is 6.54 Å². The van der Waals surface area contributed by atoms with Crippen LogP contribution >= 0.6 is 0 Å². The van der Waals surface area contributed by atoms with Crippen molar-refractivity contribution in [3.8, 4) is 0 Å². The van der Waals surface area contributed by atoms with Crippen molar-refractivity contribution in [1.82, 2.24) is 4.90 Å². The minimum absolute atomic E-state index is 0.0255. The van der Waals surface area contributed by atoms with Gasteiger partial charge >= 0.3 is 5.97 Å². The Morgan fingerprint density at radius 2 is 1.77 bits per heavy atom. The Bertz CT molecular complexity index is 578. The number of rotatable bonds is 7. The Morgan fingerprint density at radius 3 is 2.32 bits per heavy atom. The highest BCUT2D eigenvalue weighted by molar-refractivity contribution is 5.99. The van der Waals surface area contributed by atoms with E-state index in [1.54, 1.807) is 13.8 Å². The molecule has 0 atom stereocenters. The van der Waals surface area contributed by atoms with Gasteiger partial charge in [0, 0.05) is 24.4 Å². The van der Waals surface area contributed by atoms with E-state index < -0.39 is 5.97 Å². The lowest BCUT2D eigenvalue weighted by atomic mass is 9.99. The lowest BCUT2D eigenvalue weighted by Crippen LogP contribution is -2.40. The number of carboxylic acid groups (broad SMARTS) is 1. The fourth-order valence-corrected chi connectivity index (χ4v) is 2.24. The Hall–Kier alpha value is -2.17. The van der Waals surface area contributed by atoms with Crippen LogP contribution in [0.4, 0.5) is 0 Å². The molecule has 22 heavy (non-hydrogen) atoms. The first-order valence-corrected chi connectivity index (χ1v) is 7.34. The highest BCUT2D eigenvalue weighted by Crippen LogP contribution is 2.14. The number of aliphatic carboxylic acids is 1. The minimum Gasteiger partial charge on any atom is -0.480 e. The number of nitrogens with zero attached hydrogens (tertiary/aromatic N) is 1. The van der Waals surface area contributed by atoms with E-state index in [2.05, 4.69) is 0 Å². The third kappa shape index (κ3) is 4.98. The molecule has 1 aromatic carbocycles. The number of hydrogen-bond acceptors (Lipinski definition) is 3. The van der Waals surface area contributed by atoms with Crippen LogP contribution in [0.2, 0.25) is 0 Å². The number of carbonyl (C=O) groups excluding carboxylic acids is 2. The van der Waals surface area contributed by atoms with Gasteiger partial charge < -0.3 is 10.0 Å². The monoisotopic (exact) mass is 305 g/mol. The lowest BCUT2D eigenvalue weighted by molar-refractivity contribution is -0.145. The van der Waals surface area contributed by atoms with Crippen LogP contribution in [0.1, 0.15) is 48.2 Å². The molecule has 120 valence electrons. The van der Waals surface area contributed by atoms with Gasteiger partial charge in [-0.25, -0.2) is 0 Å². The van der Waals surface area contributed by atoms with Crippen LogP contribution in [0.3, 0.4) is 0 Å². The topological polar surface area (TPSA) is 74.7 Å². The number of benzene rings is 1. The van der Waals surface area contributed by atoms with Crippen molar-refractivity contribution < 1.29 is 19.5 Å². The fourth-order valence-electron chi connectivity index (χ4n) is 2.24. The van der Waals surface area contributed by atoms with E-state index in [0.29, 0.717) is 5.56 Å². The average Bonchev–Trinajstić information content (AvgIpc) is 2.43. The summed E-state index contributed by atoms with van der Waals surface area (Å²) in [6.45, 7) is 6.95. The summed E-state index contributed by atoms with van der Waals surface area (Å²) in [5, 5.41) is 8.84. The van der Waals surface area contributed by atoms with E-state index in [-0.39, 0.29) is 37.1 Å². The largest absolute Gasteiger partial charge is 0.480 e. The van der Waals surface area contributed by atoms with Crippen LogP contribution in [0.25, 0.3) is 0 Å². The predicted octanol–water partition coefficient (Wildman–Crippen LogP) is 2.59. The van der Waals surface area contributed by atoms with Gasteiger partial charge in [0.05, 0.1) is 0 Å². The van der Waals surface area contributed by atoms with Crippen molar-refractivity contribution >= 4 is 17.7 Å². The summed E-state index contributed by atoms with van der Waals surface area (Å²) in [6.07, 6.45) is 0.115. The Labute approximate surface area is 130 Å². The first-order valence-electron chi connectivity index (χ1n) is 7.34. The molecule has 1 amide bonds. The van der Waals surface area contributed by atoms with Gasteiger partial charge in [-0.05, 0) is 39.3 Å². The molecule has 0 aliphatic rings. The Balaban J connectivity index is 2.71. The summed E-state index contributed by atoms with van der Waals surface area (Å²) in [6, 6.07) is 5.43. The molecule has 0 aromatic heterocycles. The number of hydrogen-bond donors (Lipinski definition) is 1. The number of aryl methyl sites for hydroxylation is 2. The second-order valence-electron chi connectivity index (χ2n) is 5.75. The van der Waals surface area contributed by atoms with Crippen molar-refractivity contribution in [3.05, 3.63) is 34.9 Å². The maximum Gasteiger partial charge on any atom is 0.323 e. The van der Waals surface area contributed by atoms with Crippen LogP contribution in [-0.2, 0) is 9.59 Å². The molecule has 0 aliphatic carbocycles. The van der Waals surface area contributed by atoms with Crippen molar-refractivity contribution in [2.75, 3.05) is 6.54 Å². The van der Waals surface area contributed by atoms with E-state index in [4.69, 9.17) is 5.11 Å². The maximum atomic E-state index is 12.2. The van der Waals surface area contributed by atoms with E-state index in [9.17, 15) is 14.4 Å². The van der Waals surface area contributed by atoms with Gasteiger partial charge in [-0.3, -0.25) is 14.4 Å². The SMILES string of the molecule is Cc1ccc(C)c(C(=O)CCC(=O)N(CC(=O)O)C(C)C)c1. The first kappa shape index (κ1) is 17.9. The molecule has 0 bridgehead atoms. The molecule has 0 spiro atoms. The van der Waals surface area contributed by atoms with Gasteiger partial charge in [0.15, 0.2) is 5.78 Å². The number of ketones is 1. The van der Waals surface area contributed by atoms with Gasteiger partial charge in [-0.2, -0.15) is 0 Å². The van der Waals surface area contributed by atoms with Crippen molar-refractivity contribution in [2.45, 2.75) is 46.6 Å². The molecule has 0 aliphatic heterocycles. The molecule has 1 N–H and O–H groups in total. The van der Waals surface area contributed by atoms with Crippen LogP contribution in [-0.4, -0.2) is 40.3 Å². The molecule has 5 heteroatoms. The van der Waals surface area contributed by atoms with E-state index in [1.165, 1.54) is 4.90 Å². The predicted molar refractivity (Wildman–Crippen MR) is 84.0 cm³/mol. The second-order valence-corrected chi connectivity index (χ2v) is 5.75. The zero-order valence-electron chi connectivity index (χ0n) is 13.5.